The predicted octanol–water partition coefficient (Wildman–Crippen LogP) is -15.0. The van der Waals surface area contributed by atoms with E-state index in [1.807, 2.05) is 0 Å². The number of ether oxygens (including phenoxy) is 13. The van der Waals surface area contributed by atoms with E-state index in [-0.39, 0.29) is 0 Å². The molecule has 0 aromatic rings. The molecule has 0 aromatic heterocycles. The monoisotopic (exact) mass is 1090 g/mol. The number of rotatable bonds is 17. The van der Waals surface area contributed by atoms with Gasteiger partial charge in [0.25, 0.3) is 0 Å². The van der Waals surface area contributed by atoms with Gasteiger partial charge in [0.05, 0.1) is 46.2 Å². The van der Waals surface area contributed by atoms with Crippen molar-refractivity contribution in [1.82, 2.24) is 0 Å². The van der Waals surface area contributed by atoms with Crippen LogP contribution in [0.2, 0.25) is 0 Å². The third-order valence-corrected chi connectivity index (χ3v) is 13.7. The van der Waals surface area contributed by atoms with Crippen molar-refractivity contribution in [3.8, 4) is 0 Å². The van der Waals surface area contributed by atoms with E-state index in [0.29, 0.717) is 0 Å². The SMILES string of the molecule is OC[C@H]1O[C@@H](O[C@H]2[C@@H](OC[C@H]3O[C@@H](O[C@H]4[C@H](O)[C@@H](O)[C@H](O[C@H]5[C@H](O)[C@@H](O)C(O)O[C@@H]5CO)O[C@@H]4CO)[C@H](O)[C@@H](O)[C@@H]3O[C@@H]3O[C@H](CO[C@H]4OC[C@@H](O)[C@H](O)[C@H]4O)[C@@H](O)[C@H](O)[C@H]3O)OC[C@@H](O)[C@@H]2O)[C@H](O)[C@@H](O)[C@H]1O. The number of aliphatic hydroxyl groups is 21. The molecule has 1 unspecified atom stereocenters. The molecule has 74 heavy (non-hydrogen) atoms. The molecule has 7 heterocycles. The van der Waals surface area contributed by atoms with Crippen molar-refractivity contribution < 1.29 is 169 Å². The molecule has 21 N–H and O–H groups in total. The number of hydrogen-bond acceptors (Lipinski definition) is 34. The molecule has 0 bridgehead atoms. The summed E-state index contributed by atoms with van der Waals surface area (Å²) >= 11 is 0. The van der Waals surface area contributed by atoms with Crippen molar-refractivity contribution in [1.29, 1.82) is 0 Å². The highest BCUT2D eigenvalue weighted by Gasteiger charge is 2.57. The molecule has 0 saturated carbocycles. The van der Waals surface area contributed by atoms with Crippen molar-refractivity contribution in [3.63, 3.8) is 0 Å². The zero-order valence-electron chi connectivity index (χ0n) is 38.7. The van der Waals surface area contributed by atoms with E-state index >= 15 is 0 Å². The number of aliphatic hydroxyl groups excluding tert-OH is 21. The Labute approximate surface area is 417 Å². The third-order valence-electron chi connectivity index (χ3n) is 13.7. The Balaban J connectivity index is 1.11. The Bertz CT molecular complexity index is 1710. The largest absolute Gasteiger partial charge is 0.394 e. The van der Waals surface area contributed by atoms with E-state index in [9.17, 15) is 107 Å². The topological polar surface area (TPSA) is 545 Å². The summed E-state index contributed by atoms with van der Waals surface area (Å²) < 4.78 is 72.7. The normalized spacial score (nSPS) is 53.7. The second-order valence-electron chi connectivity index (χ2n) is 18.8. The summed E-state index contributed by atoms with van der Waals surface area (Å²) in [7, 11) is 0. The summed E-state index contributed by atoms with van der Waals surface area (Å²) in [6, 6.07) is 0. The predicted molar refractivity (Wildman–Crippen MR) is 220 cm³/mol. The molecule has 7 aliphatic heterocycles. The summed E-state index contributed by atoms with van der Waals surface area (Å²) in [6.45, 7) is -5.69. The summed E-state index contributed by atoms with van der Waals surface area (Å²) in [5.74, 6) is 0. The van der Waals surface area contributed by atoms with Crippen LogP contribution in [0.4, 0.5) is 0 Å². The van der Waals surface area contributed by atoms with Crippen molar-refractivity contribution >= 4 is 0 Å². The summed E-state index contributed by atoms with van der Waals surface area (Å²) in [6.07, 6.45) is -63.1. The minimum absolute atomic E-state index is 0.486. The maximum absolute atomic E-state index is 11.7. The lowest BCUT2D eigenvalue weighted by Gasteiger charge is -2.49. The Morgan fingerprint density at radius 3 is 1.16 bits per heavy atom. The fourth-order valence-electron chi connectivity index (χ4n) is 9.21. The fourth-order valence-corrected chi connectivity index (χ4v) is 9.21. The van der Waals surface area contributed by atoms with Crippen molar-refractivity contribution in [2.24, 2.45) is 0 Å². The van der Waals surface area contributed by atoms with E-state index in [1.165, 1.54) is 0 Å². The van der Waals surface area contributed by atoms with Gasteiger partial charge in [-0.2, -0.15) is 0 Å². The molecule has 7 saturated heterocycles. The van der Waals surface area contributed by atoms with Crippen LogP contribution < -0.4 is 0 Å². The third kappa shape index (κ3) is 12.6. The molecule has 7 rings (SSSR count). The molecule has 432 valence electrons. The van der Waals surface area contributed by atoms with Crippen LogP contribution in [0.15, 0.2) is 0 Å². The van der Waals surface area contributed by atoms with Crippen LogP contribution in [0.25, 0.3) is 0 Å². The number of hydrogen-bond donors (Lipinski definition) is 21. The molecular weight excluding hydrogens is 1020 g/mol. The molecule has 0 aliphatic carbocycles. The van der Waals surface area contributed by atoms with Gasteiger partial charge in [0, 0.05) is 0 Å². The second kappa shape index (κ2) is 25.8. The molecule has 7 fully saturated rings. The lowest BCUT2D eigenvalue weighted by atomic mass is 9.95. The first-order chi connectivity index (χ1) is 35.0. The summed E-state index contributed by atoms with van der Waals surface area (Å²) in [5, 5.41) is 222. The van der Waals surface area contributed by atoms with Crippen LogP contribution in [0.1, 0.15) is 0 Å². The van der Waals surface area contributed by atoms with Gasteiger partial charge in [0.15, 0.2) is 44.0 Å². The molecule has 0 spiro atoms. The molecule has 33 atom stereocenters. The van der Waals surface area contributed by atoms with Gasteiger partial charge in [-0.3, -0.25) is 0 Å². The molecule has 34 heteroatoms. The molecular formula is C40H68O34. The maximum Gasteiger partial charge on any atom is 0.187 e. The highest BCUT2D eigenvalue weighted by molar-refractivity contribution is 4.99. The van der Waals surface area contributed by atoms with E-state index < -0.39 is 249 Å². The quantitative estimate of drug-likeness (QED) is 0.0643. The zero-order valence-corrected chi connectivity index (χ0v) is 38.7. The van der Waals surface area contributed by atoms with Gasteiger partial charge < -0.3 is 169 Å². The van der Waals surface area contributed by atoms with Gasteiger partial charge in [-0.15, -0.1) is 0 Å². The molecule has 0 radical (unpaired) electrons. The van der Waals surface area contributed by atoms with Crippen molar-refractivity contribution in [2.75, 3.05) is 46.2 Å². The molecule has 0 amide bonds. The average Bonchev–Trinajstić information content (AvgIpc) is 3.38. The fraction of sp³-hybridized carbons (Fsp3) is 1.00. The minimum atomic E-state index is -2.30. The van der Waals surface area contributed by atoms with Crippen molar-refractivity contribution in [2.45, 2.75) is 203 Å². The smallest absolute Gasteiger partial charge is 0.187 e. The van der Waals surface area contributed by atoms with Gasteiger partial charge in [-0.05, 0) is 0 Å². The zero-order chi connectivity index (χ0) is 54.2. The van der Waals surface area contributed by atoms with Gasteiger partial charge in [-0.1, -0.05) is 0 Å². The van der Waals surface area contributed by atoms with Crippen LogP contribution in [-0.4, -0.2) is 356 Å². The van der Waals surface area contributed by atoms with Gasteiger partial charge in [0.1, 0.15) is 159 Å². The first-order valence-corrected chi connectivity index (χ1v) is 23.5. The van der Waals surface area contributed by atoms with Crippen LogP contribution in [0.5, 0.6) is 0 Å². The van der Waals surface area contributed by atoms with E-state index in [4.69, 9.17) is 61.6 Å². The molecule has 0 aromatic carbocycles. The average molecular weight is 1090 g/mol. The lowest BCUT2D eigenvalue weighted by molar-refractivity contribution is -0.393. The molecule has 7 aliphatic rings. The van der Waals surface area contributed by atoms with Gasteiger partial charge in [-0.25, -0.2) is 0 Å². The van der Waals surface area contributed by atoms with Crippen molar-refractivity contribution in [3.05, 3.63) is 0 Å². The molecule has 34 nitrogen and oxygen atoms in total. The maximum atomic E-state index is 11.7. The lowest BCUT2D eigenvalue weighted by Crippen LogP contribution is -2.67. The van der Waals surface area contributed by atoms with E-state index in [1.54, 1.807) is 0 Å². The van der Waals surface area contributed by atoms with Gasteiger partial charge >= 0.3 is 0 Å². The first kappa shape index (κ1) is 60.3. The standard InChI is InChI=1S/C40H68O34/c41-1-10-17(48)19(50)26(57)36(67-10)74-33-16(47)9(45)5-63-40(33)65-7-14-32(73-37-27(58)20(51)18(49)13(69-37)6-64-35-25(56)15(46)8(44)4-62-35)23(54)29(60)39(70-14)72-31-12(3-43)68-38(28(59)22(31)53)71-30-11(2-42)66-34(61)24(55)21(30)52/h8-61H,1-7H2/t8-,9-,10-,11-,12-,13-,14-,15+,16+,17+,18-,19+,20+,21-,22-,23-,24-,25-,26-,27-,28-,29-,30-,31-,32-,33-,34?,35-,36+,37+,38+,39+,40-/m1/s1. The Morgan fingerprint density at radius 1 is 0.284 bits per heavy atom. The van der Waals surface area contributed by atoms with Crippen LogP contribution >= 0.6 is 0 Å². The van der Waals surface area contributed by atoms with E-state index in [0.717, 1.165) is 0 Å². The highest BCUT2D eigenvalue weighted by Crippen LogP contribution is 2.36. The minimum Gasteiger partial charge on any atom is -0.394 e. The second-order valence-corrected chi connectivity index (χ2v) is 18.8. The van der Waals surface area contributed by atoms with E-state index in [2.05, 4.69) is 0 Å². The summed E-state index contributed by atoms with van der Waals surface area (Å²) in [4.78, 5) is 0. The van der Waals surface area contributed by atoms with Gasteiger partial charge in [0.2, 0.25) is 0 Å². The summed E-state index contributed by atoms with van der Waals surface area (Å²) in [5.41, 5.74) is 0. The Kier molecular flexibility index (Phi) is 21.0. The first-order valence-electron chi connectivity index (χ1n) is 23.5. The Morgan fingerprint density at radius 2 is 0.635 bits per heavy atom. The van der Waals surface area contributed by atoms with Crippen LogP contribution in [0.3, 0.4) is 0 Å². The highest BCUT2D eigenvalue weighted by atomic mass is 16.8. The Hall–Kier alpha value is -1.36. The van der Waals surface area contributed by atoms with Crippen LogP contribution in [0, 0.1) is 0 Å². The van der Waals surface area contributed by atoms with Crippen LogP contribution in [-0.2, 0) is 61.6 Å².